The van der Waals surface area contributed by atoms with Gasteiger partial charge in [0.1, 0.15) is 10.6 Å². The number of carbonyl (C=O) groups is 1. The number of amides is 1. The molecule has 1 aromatic rings. The maximum Gasteiger partial charge on any atom is 0.253 e. The highest BCUT2D eigenvalue weighted by atomic mass is 32.2. The molecule has 2 aliphatic heterocycles. The molecule has 3 atom stereocenters. The van der Waals surface area contributed by atoms with E-state index in [-0.39, 0.29) is 22.6 Å². The van der Waals surface area contributed by atoms with Gasteiger partial charge in [0.05, 0.1) is 7.11 Å². The van der Waals surface area contributed by atoms with Gasteiger partial charge in [-0.15, -0.1) is 0 Å². The van der Waals surface area contributed by atoms with E-state index < -0.39 is 10.0 Å². The van der Waals surface area contributed by atoms with E-state index in [0.29, 0.717) is 43.6 Å². The van der Waals surface area contributed by atoms with E-state index in [1.807, 2.05) is 0 Å². The number of ether oxygens (including phenoxy) is 1. The molecule has 0 aromatic heterocycles. The predicted octanol–water partition coefficient (Wildman–Crippen LogP) is 1.53. The monoisotopic (exact) mass is 395 g/mol. The molecule has 2 aliphatic rings. The average molecular weight is 396 g/mol. The Morgan fingerprint density at radius 1 is 1.19 bits per heavy atom. The van der Waals surface area contributed by atoms with Crippen molar-refractivity contribution in [3.05, 3.63) is 23.8 Å². The first kappa shape index (κ1) is 20.1. The highest BCUT2D eigenvalue weighted by Gasteiger charge is 2.34. The molecule has 2 saturated heterocycles. The first-order chi connectivity index (χ1) is 12.7. The van der Waals surface area contributed by atoms with Crippen LogP contribution >= 0.6 is 0 Å². The third-order valence-electron chi connectivity index (χ3n) is 5.38. The molecule has 0 spiro atoms. The molecule has 27 heavy (non-hydrogen) atoms. The van der Waals surface area contributed by atoms with Crippen molar-refractivity contribution in [2.45, 2.75) is 37.6 Å². The Labute approximate surface area is 161 Å². The van der Waals surface area contributed by atoms with E-state index in [4.69, 9.17) is 10.5 Å². The van der Waals surface area contributed by atoms with E-state index in [0.717, 1.165) is 12.8 Å². The summed E-state index contributed by atoms with van der Waals surface area (Å²) in [4.78, 5) is 14.5. The van der Waals surface area contributed by atoms with Gasteiger partial charge in [0, 0.05) is 37.8 Å². The molecule has 0 aliphatic carbocycles. The zero-order chi connectivity index (χ0) is 19.8. The quantitative estimate of drug-likeness (QED) is 0.835. The summed E-state index contributed by atoms with van der Waals surface area (Å²) in [5, 5.41) is 0. The fourth-order valence-corrected chi connectivity index (χ4v) is 5.97. The Morgan fingerprint density at radius 3 is 2.41 bits per heavy atom. The molecule has 150 valence electrons. The number of nitrogens with two attached hydrogens (primary N) is 1. The summed E-state index contributed by atoms with van der Waals surface area (Å²) >= 11 is 0. The SMILES string of the molecule is COc1ccc(C(=O)N2CC[C@@H](N)C2)cc1S(=O)(=O)N1CC(C)CC(C)C1. The normalized spacial score (nSPS) is 27.0. The van der Waals surface area contributed by atoms with Crippen molar-refractivity contribution in [1.82, 2.24) is 9.21 Å². The summed E-state index contributed by atoms with van der Waals surface area (Å²) in [5.74, 6) is 0.661. The van der Waals surface area contributed by atoms with Gasteiger partial charge in [-0.25, -0.2) is 8.42 Å². The molecule has 0 saturated carbocycles. The molecule has 2 unspecified atom stereocenters. The Balaban J connectivity index is 1.94. The minimum absolute atomic E-state index is 0.0215. The predicted molar refractivity (Wildman–Crippen MR) is 103 cm³/mol. The van der Waals surface area contributed by atoms with Gasteiger partial charge in [-0.3, -0.25) is 4.79 Å². The van der Waals surface area contributed by atoms with Crippen LogP contribution in [0.5, 0.6) is 5.75 Å². The molecule has 2 fully saturated rings. The van der Waals surface area contributed by atoms with Crippen molar-refractivity contribution in [3.63, 3.8) is 0 Å². The number of benzene rings is 1. The molecule has 2 heterocycles. The van der Waals surface area contributed by atoms with Gasteiger partial charge in [0.15, 0.2) is 0 Å². The third-order valence-corrected chi connectivity index (χ3v) is 7.23. The topological polar surface area (TPSA) is 92.9 Å². The number of likely N-dealkylation sites (tertiary alicyclic amines) is 1. The molecular weight excluding hydrogens is 366 g/mol. The molecule has 0 radical (unpaired) electrons. The van der Waals surface area contributed by atoms with E-state index in [9.17, 15) is 13.2 Å². The minimum atomic E-state index is -3.75. The molecule has 8 heteroatoms. The van der Waals surface area contributed by atoms with Crippen LogP contribution in [-0.2, 0) is 10.0 Å². The van der Waals surface area contributed by atoms with E-state index in [2.05, 4.69) is 13.8 Å². The lowest BCUT2D eigenvalue weighted by atomic mass is 9.94. The molecule has 3 rings (SSSR count). The molecule has 1 amide bonds. The fourth-order valence-electron chi connectivity index (χ4n) is 4.11. The number of piperidine rings is 1. The maximum absolute atomic E-state index is 13.3. The summed E-state index contributed by atoms with van der Waals surface area (Å²) < 4.78 is 33.4. The number of rotatable bonds is 4. The minimum Gasteiger partial charge on any atom is -0.495 e. The number of hydrogen-bond donors (Lipinski definition) is 1. The summed E-state index contributed by atoms with van der Waals surface area (Å²) in [6.45, 7) is 6.17. The van der Waals surface area contributed by atoms with Crippen molar-refractivity contribution in [2.75, 3.05) is 33.3 Å². The van der Waals surface area contributed by atoms with Crippen LogP contribution in [-0.4, -0.2) is 62.9 Å². The average Bonchev–Trinajstić information content (AvgIpc) is 3.06. The second-order valence-corrected chi connectivity index (χ2v) is 9.84. The van der Waals surface area contributed by atoms with Crippen LogP contribution in [0.1, 0.15) is 37.0 Å². The Hall–Kier alpha value is -1.64. The van der Waals surface area contributed by atoms with Crippen molar-refractivity contribution in [3.8, 4) is 5.75 Å². The second kappa shape index (κ2) is 7.77. The largest absolute Gasteiger partial charge is 0.495 e. The smallest absolute Gasteiger partial charge is 0.253 e. The molecule has 7 nitrogen and oxygen atoms in total. The highest BCUT2D eigenvalue weighted by Crippen LogP contribution is 2.32. The van der Waals surface area contributed by atoms with Crippen molar-refractivity contribution >= 4 is 15.9 Å². The maximum atomic E-state index is 13.3. The lowest BCUT2D eigenvalue weighted by Crippen LogP contribution is -2.42. The van der Waals surface area contributed by atoms with Crippen LogP contribution in [0.15, 0.2) is 23.1 Å². The molecular formula is C19H29N3O4S. The highest BCUT2D eigenvalue weighted by molar-refractivity contribution is 7.89. The van der Waals surface area contributed by atoms with Crippen molar-refractivity contribution in [1.29, 1.82) is 0 Å². The van der Waals surface area contributed by atoms with Crippen LogP contribution < -0.4 is 10.5 Å². The standard InChI is InChI=1S/C19H29N3O4S/c1-13-8-14(2)11-22(10-13)27(24,25)18-9-15(4-5-17(18)26-3)19(23)21-7-6-16(20)12-21/h4-5,9,13-14,16H,6-8,10-12,20H2,1-3H3/t13?,14?,16-/m1/s1. The van der Waals surface area contributed by atoms with Crippen molar-refractivity contribution in [2.24, 2.45) is 17.6 Å². The first-order valence-electron chi connectivity index (χ1n) is 9.45. The van der Waals surface area contributed by atoms with Crippen molar-refractivity contribution < 1.29 is 17.9 Å². The van der Waals surface area contributed by atoms with Gasteiger partial charge in [0.2, 0.25) is 10.0 Å². The number of carbonyl (C=O) groups excluding carboxylic acids is 1. The zero-order valence-corrected chi connectivity index (χ0v) is 17.0. The molecule has 1 aromatic carbocycles. The molecule has 2 N–H and O–H groups in total. The summed E-state index contributed by atoms with van der Waals surface area (Å²) in [6, 6.07) is 4.61. The van der Waals surface area contributed by atoms with Crippen LogP contribution in [0, 0.1) is 11.8 Å². The fraction of sp³-hybridized carbons (Fsp3) is 0.632. The van der Waals surface area contributed by atoms with Gasteiger partial charge in [-0.1, -0.05) is 13.8 Å². The number of hydrogen-bond acceptors (Lipinski definition) is 5. The summed E-state index contributed by atoms with van der Waals surface area (Å²) in [7, 11) is -2.31. The number of methoxy groups -OCH3 is 1. The van der Waals surface area contributed by atoms with Crippen LogP contribution in [0.2, 0.25) is 0 Å². The zero-order valence-electron chi connectivity index (χ0n) is 16.2. The second-order valence-electron chi connectivity index (χ2n) is 7.93. The molecule has 0 bridgehead atoms. The van der Waals surface area contributed by atoms with E-state index in [1.165, 1.54) is 17.5 Å². The van der Waals surface area contributed by atoms with Crippen LogP contribution in [0.3, 0.4) is 0 Å². The first-order valence-corrected chi connectivity index (χ1v) is 10.9. The van der Waals surface area contributed by atoms with Gasteiger partial charge in [-0.2, -0.15) is 4.31 Å². The van der Waals surface area contributed by atoms with Crippen LogP contribution in [0.25, 0.3) is 0 Å². The lowest BCUT2D eigenvalue weighted by Gasteiger charge is -2.34. The van der Waals surface area contributed by atoms with E-state index >= 15 is 0 Å². The Morgan fingerprint density at radius 2 is 1.85 bits per heavy atom. The summed E-state index contributed by atoms with van der Waals surface area (Å²) in [5.41, 5.74) is 6.24. The lowest BCUT2D eigenvalue weighted by molar-refractivity contribution is 0.0790. The Bertz CT molecular complexity index is 801. The third kappa shape index (κ3) is 4.12. The summed E-state index contributed by atoms with van der Waals surface area (Å²) in [6.07, 6.45) is 1.77. The van der Waals surface area contributed by atoms with Gasteiger partial charge >= 0.3 is 0 Å². The van der Waals surface area contributed by atoms with Gasteiger partial charge in [0.25, 0.3) is 5.91 Å². The number of sulfonamides is 1. The van der Waals surface area contributed by atoms with E-state index in [1.54, 1.807) is 17.0 Å². The van der Waals surface area contributed by atoms with Gasteiger partial charge in [-0.05, 0) is 42.9 Å². The van der Waals surface area contributed by atoms with Gasteiger partial charge < -0.3 is 15.4 Å². The van der Waals surface area contributed by atoms with Crippen LogP contribution in [0.4, 0.5) is 0 Å². The number of nitrogens with zero attached hydrogens (tertiary/aromatic N) is 2. The Kier molecular flexibility index (Phi) is 5.79.